The van der Waals surface area contributed by atoms with Crippen molar-refractivity contribution in [2.45, 2.75) is 37.6 Å². The van der Waals surface area contributed by atoms with Gasteiger partial charge >= 0.3 is 0 Å². The molecule has 0 saturated carbocycles. The van der Waals surface area contributed by atoms with Crippen molar-refractivity contribution in [2.24, 2.45) is 5.14 Å². The number of aryl methyl sites for hydroxylation is 2. The van der Waals surface area contributed by atoms with Crippen LogP contribution in [0.15, 0.2) is 57.9 Å². The number of benzene rings is 2. The number of nitrogens with zero attached hydrogens (tertiary/aromatic N) is 3. The van der Waals surface area contributed by atoms with Gasteiger partial charge in [0.25, 0.3) is 0 Å². The number of hydrogen-bond acceptors (Lipinski definition) is 6. The predicted octanol–water partition coefficient (Wildman–Crippen LogP) is 2.84. The molecule has 0 aliphatic rings. The van der Waals surface area contributed by atoms with Gasteiger partial charge in [-0.3, -0.25) is 4.79 Å². The molecule has 2 N–H and O–H groups in total. The largest absolute Gasteiger partial charge is 0.339 e. The monoisotopic (exact) mass is 428 g/mol. The van der Waals surface area contributed by atoms with Crippen molar-refractivity contribution in [3.63, 3.8) is 0 Å². The maximum atomic E-state index is 12.6. The highest BCUT2D eigenvalue weighted by Gasteiger charge is 2.19. The van der Waals surface area contributed by atoms with Crippen molar-refractivity contribution in [3.05, 3.63) is 65.5 Å². The summed E-state index contributed by atoms with van der Waals surface area (Å²) in [5.41, 5.74) is 2.80. The number of primary sulfonamides is 1. The summed E-state index contributed by atoms with van der Waals surface area (Å²) >= 11 is 0. The Morgan fingerprint density at radius 2 is 1.77 bits per heavy atom. The zero-order valence-electron chi connectivity index (χ0n) is 17.1. The van der Waals surface area contributed by atoms with Gasteiger partial charge in [-0.05, 0) is 31.5 Å². The van der Waals surface area contributed by atoms with Crippen molar-refractivity contribution < 1.29 is 17.7 Å². The highest BCUT2D eigenvalue weighted by Crippen LogP contribution is 2.22. The van der Waals surface area contributed by atoms with Gasteiger partial charge in [0.15, 0.2) is 0 Å². The second-order valence-corrected chi connectivity index (χ2v) is 8.73. The molecular weight excluding hydrogens is 404 g/mol. The molecule has 30 heavy (non-hydrogen) atoms. The first-order valence-corrected chi connectivity index (χ1v) is 11.0. The molecule has 9 heteroatoms. The minimum absolute atomic E-state index is 0.0354. The van der Waals surface area contributed by atoms with Crippen molar-refractivity contribution in [2.75, 3.05) is 7.05 Å². The van der Waals surface area contributed by atoms with Crippen molar-refractivity contribution in [3.8, 4) is 11.4 Å². The van der Waals surface area contributed by atoms with Gasteiger partial charge in [0, 0.05) is 25.5 Å². The minimum atomic E-state index is -3.75. The van der Waals surface area contributed by atoms with E-state index < -0.39 is 10.0 Å². The number of nitrogens with two attached hydrogens (primary N) is 1. The molecule has 0 aliphatic carbocycles. The number of carbonyl (C=O) groups is 1. The molecule has 1 atom stereocenters. The Kier molecular flexibility index (Phi) is 6.33. The Hall–Kier alpha value is -3.04. The highest BCUT2D eigenvalue weighted by atomic mass is 32.2. The lowest BCUT2D eigenvalue weighted by atomic mass is 10.1. The number of sulfonamides is 1. The van der Waals surface area contributed by atoms with Gasteiger partial charge in [-0.15, -0.1) is 0 Å². The Morgan fingerprint density at radius 1 is 1.13 bits per heavy atom. The van der Waals surface area contributed by atoms with E-state index in [2.05, 4.69) is 10.1 Å². The summed E-state index contributed by atoms with van der Waals surface area (Å²) < 4.78 is 28.0. The predicted molar refractivity (Wildman–Crippen MR) is 112 cm³/mol. The number of amides is 1. The zero-order valence-corrected chi connectivity index (χ0v) is 17.9. The maximum Gasteiger partial charge on any atom is 0.238 e. The molecule has 1 unspecified atom stereocenters. The van der Waals surface area contributed by atoms with E-state index in [9.17, 15) is 13.2 Å². The van der Waals surface area contributed by atoms with Gasteiger partial charge in [0.2, 0.25) is 27.6 Å². The zero-order chi connectivity index (χ0) is 21.9. The average molecular weight is 429 g/mol. The molecule has 0 aliphatic heterocycles. The number of carbonyl (C=O) groups excluding carboxylic acids is 1. The lowest BCUT2D eigenvalue weighted by Gasteiger charge is -2.25. The molecule has 0 spiro atoms. The maximum absolute atomic E-state index is 12.6. The molecule has 1 aromatic heterocycles. The first kappa shape index (κ1) is 21.7. The summed E-state index contributed by atoms with van der Waals surface area (Å²) in [4.78, 5) is 18.6. The Balaban J connectivity index is 1.60. The van der Waals surface area contributed by atoms with Gasteiger partial charge in [-0.25, -0.2) is 13.6 Å². The molecule has 0 radical (unpaired) electrons. The molecule has 158 valence electrons. The van der Waals surface area contributed by atoms with Crippen LogP contribution >= 0.6 is 0 Å². The number of hydrogen-bond donors (Lipinski definition) is 1. The van der Waals surface area contributed by atoms with Crippen LogP contribution in [0.1, 0.15) is 36.4 Å². The molecule has 0 bridgehead atoms. The van der Waals surface area contributed by atoms with E-state index in [0.29, 0.717) is 18.1 Å². The molecule has 0 fully saturated rings. The van der Waals surface area contributed by atoms with Gasteiger partial charge in [0.1, 0.15) is 0 Å². The first-order valence-electron chi connectivity index (χ1n) is 9.43. The van der Waals surface area contributed by atoms with E-state index >= 15 is 0 Å². The van der Waals surface area contributed by atoms with Gasteiger partial charge in [0.05, 0.1) is 10.9 Å². The lowest BCUT2D eigenvalue weighted by molar-refractivity contribution is -0.131. The smallest absolute Gasteiger partial charge is 0.238 e. The molecule has 1 amide bonds. The van der Waals surface area contributed by atoms with Crippen LogP contribution in [0.5, 0.6) is 0 Å². The SMILES string of the molecule is Cc1ccc(-c2noc(CCC(=O)N(C)C(C)c3ccc(S(N)(=O)=O)cc3)n2)cc1. The van der Waals surface area contributed by atoms with E-state index in [1.165, 1.54) is 12.1 Å². The van der Waals surface area contributed by atoms with Crippen LogP contribution in [0.3, 0.4) is 0 Å². The summed E-state index contributed by atoms with van der Waals surface area (Å²) in [5.74, 6) is 0.805. The van der Waals surface area contributed by atoms with Crippen LogP contribution < -0.4 is 5.14 Å². The molecule has 3 aromatic rings. The fourth-order valence-electron chi connectivity index (χ4n) is 2.94. The van der Waals surface area contributed by atoms with Crippen molar-refractivity contribution >= 4 is 15.9 Å². The topological polar surface area (TPSA) is 119 Å². The van der Waals surface area contributed by atoms with E-state index in [1.54, 1.807) is 24.1 Å². The van der Waals surface area contributed by atoms with Crippen LogP contribution in [-0.4, -0.2) is 36.4 Å². The van der Waals surface area contributed by atoms with Crippen LogP contribution in [0, 0.1) is 6.92 Å². The second-order valence-electron chi connectivity index (χ2n) is 7.17. The van der Waals surface area contributed by atoms with Crippen LogP contribution in [-0.2, 0) is 21.2 Å². The minimum Gasteiger partial charge on any atom is -0.339 e. The third-order valence-corrected chi connectivity index (χ3v) is 5.93. The Labute approximate surface area is 175 Å². The Bertz CT molecular complexity index is 1120. The molecule has 1 heterocycles. The first-order chi connectivity index (χ1) is 14.1. The fourth-order valence-corrected chi connectivity index (χ4v) is 3.46. The molecule has 0 saturated heterocycles. The highest BCUT2D eigenvalue weighted by molar-refractivity contribution is 7.89. The van der Waals surface area contributed by atoms with Crippen LogP contribution in [0.2, 0.25) is 0 Å². The third-order valence-electron chi connectivity index (χ3n) is 5.00. The number of rotatable bonds is 7. The summed E-state index contributed by atoms with van der Waals surface area (Å²) in [7, 11) is -2.04. The quantitative estimate of drug-likeness (QED) is 0.618. The van der Waals surface area contributed by atoms with E-state index in [-0.39, 0.29) is 23.3 Å². The summed E-state index contributed by atoms with van der Waals surface area (Å²) in [6.45, 7) is 3.87. The molecule has 2 aromatic carbocycles. The normalized spacial score (nSPS) is 12.5. The Morgan fingerprint density at radius 3 is 2.37 bits per heavy atom. The molecular formula is C21H24N4O4S. The number of aromatic nitrogens is 2. The summed E-state index contributed by atoms with van der Waals surface area (Å²) in [6, 6.07) is 13.7. The third kappa shape index (κ3) is 5.11. The fraction of sp³-hybridized carbons (Fsp3) is 0.286. The standard InChI is InChI=1S/C21H24N4O4S/c1-14-4-6-17(7-5-14)21-23-19(29-24-21)12-13-20(26)25(3)15(2)16-8-10-18(11-9-16)30(22,27)28/h4-11,15H,12-13H2,1-3H3,(H2,22,27,28). The van der Waals surface area contributed by atoms with Gasteiger partial charge < -0.3 is 9.42 Å². The van der Waals surface area contributed by atoms with E-state index in [4.69, 9.17) is 9.66 Å². The van der Waals surface area contributed by atoms with Crippen LogP contribution in [0.4, 0.5) is 0 Å². The second kappa shape index (κ2) is 8.76. The van der Waals surface area contributed by atoms with Gasteiger partial charge in [-0.1, -0.05) is 47.1 Å². The average Bonchev–Trinajstić information content (AvgIpc) is 3.20. The molecule has 8 nitrogen and oxygen atoms in total. The van der Waals surface area contributed by atoms with Crippen LogP contribution in [0.25, 0.3) is 11.4 Å². The lowest BCUT2D eigenvalue weighted by Crippen LogP contribution is -2.29. The van der Waals surface area contributed by atoms with E-state index in [0.717, 1.165) is 16.7 Å². The van der Waals surface area contributed by atoms with Crippen molar-refractivity contribution in [1.29, 1.82) is 0 Å². The van der Waals surface area contributed by atoms with Crippen molar-refractivity contribution in [1.82, 2.24) is 15.0 Å². The summed E-state index contributed by atoms with van der Waals surface area (Å²) in [5, 5.41) is 9.10. The van der Waals surface area contributed by atoms with E-state index in [1.807, 2.05) is 38.1 Å². The molecule has 3 rings (SSSR count). The summed E-state index contributed by atoms with van der Waals surface area (Å²) in [6.07, 6.45) is 0.546. The van der Waals surface area contributed by atoms with Gasteiger partial charge in [-0.2, -0.15) is 4.98 Å².